The SMILES string of the molecule is CN(C)c1ccc(/C=N/NC2=NCCCCC2)cc1.Cl. The first-order valence-electron chi connectivity index (χ1n) is 6.85. The normalized spacial score (nSPS) is 15.2. The lowest BCUT2D eigenvalue weighted by molar-refractivity contribution is 0.729. The van der Waals surface area contributed by atoms with E-state index in [2.05, 4.69) is 44.7 Å². The summed E-state index contributed by atoms with van der Waals surface area (Å²) in [5.41, 5.74) is 5.34. The average molecular weight is 295 g/mol. The van der Waals surface area contributed by atoms with E-state index >= 15 is 0 Å². The zero-order valence-electron chi connectivity index (χ0n) is 12.2. The maximum atomic E-state index is 4.48. The Morgan fingerprint density at radius 2 is 1.90 bits per heavy atom. The molecular weight excluding hydrogens is 272 g/mol. The molecule has 5 heteroatoms. The molecular formula is C15H23ClN4. The Morgan fingerprint density at radius 3 is 2.60 bits per heavy atom. The number of halogens is 1. The zero-order chi connectivity index (χ0) is 13.5. The van der Waals surface area contributed by atoms with E-state index in [1.54, 1.807) is 0 Å². The van der Waals surface area contributed by atoms with Crippen molar-refractivity contribution in [3.05, 3.63) is 29.8 Å². The molecule has 0 aliphatic carbocycles. The number of amidine groups is 1. The summed E-state index contributed by atoms with van der Waals surface area (Å²) in [5.74, 6) is 1.01. The van der Waals surface area contributed by atoms with Crippen molar-refractivity contribution >= 4 is 30.1 Å². The van der Waals surface area contributed by atoms with E-state index in [0.29, 0.717) is 0 Å². The van der Waals surface area contributed by atoms with Crippen LogP contribution in [0.15, 0.2) is 34.4 Å². The third kappa shape index (κ3) is 5.21. The number of hydrogen-bond acceptors (Lipinski definition) is 4. The van der Waals surface area contributed by atoms with Crippen molar-refractivity contribution in [2.24, 2.45) is 10.1 Å². The fourth-order valence-corrected chi connectivity index (χ4v) is 2.01. The molecule has 0 aromatic heterocycles. The number of aliphatic imine (C=N–C) groups is 1. The minimum Gasteiger partial charge on any atom is -0.378 e. The highest BCUT2D eigenvalue weighted by Crippen LogP contribution is 2.11. The summed E-state index contributed by atoms with van der Waals surface area (Å²) in [4.78, 5) is 6.56. The van der Waals surface area contributed by atoms with Gasteiger partial charge >= 0.3 is 0 Å². The first-order valence-corrected chi connectivity index (χ1v) is 6.85. The lowest BCUT2D eigenvalue weighted by Crippen LogP contribution is -2.17. The van der Waals surface area contributed by atoms with Crippen molar-refractivity contribution in [2.45, 2.75) is 25.7 Å². The Kier molecular flexibility index (Phi) is 7.09. The fraction of sp³-hybridized carbons (Fsp3) is 0.467. The van der Waals surface area contributed by atoms with Gasteiger partial charge in [0.2, 0.25) is 0 Å². The predicted molar refractivity (Wildman–Crippen MR) is 89.5 cm³/mol. The monoisotopic (exact) mass is 294 g/mol. The van der Waals surface area contributed by atoms with Gasteiger partial charge in [-0.2, -0.15) is 5.10 Å². The smallest absolute Gasteiger partial charge is 0.117 e. The van der Waals surface area contributed by atoms with Crippen molar-refractivity contribution in [1.29, 1.82) is 0 Å². The van der Waals surface area contributed by atoms with E-state index in [9.17, 15) is 0 Å². The summed E-state index contributed by atoms with van der Waals surface area (Å²) in [7, 11) is 4.07. The number of nitrogens with one attached hydrogen (secondary N) is 1. The average Bonchev–Trinajstić information content (AvgIpc) is 2.68. The highest BCUT2D eigenvalue weighted by atomic mass is 35.5. The lowest BCUT2D eigenvalue weighted by Gasteiger charge is -2.11. The molecule has 20 heavy (non-hydrogen) atoms. The van der Waals surface area contributed by atoms with Crippen LogP contribution < -0.4 is 10.3 Å². The van der Waals surface area contributed by atoms with Crippen LogP contribution in [0.4, 0.5) is 5.69 Å². The molecule has 0 fully saturated rings. The Balaban J connectivity index is 0.00000200. The van der Waals surface area contributed by atoms with Crippen LogP contribution in [0.1, 0.15) is 31.2 Å². The van der Waals surface area contributed by atoms with Gasteiger partial charge in [0.25, 0.3) is 0 Å². The first kappa shape index (κ1) is 16.5. The van der Waals surface area contributed by atoms with Crippen LogP contribution in [0.5, 0.6) is 0 Å². The van der Waals surface area contributed by atoms with Crippen LogP contribution in [0.25, 0.3) is 0 Å². The Labute approximate surface area is 127 Å². The zero-order valence-corrected chi connectivity index (χ0v) is 13.0. The van der Waals surface area contributed by atoms with Gasteiger partial charge < -0.3 is 4.90 Å². The second-order valence-electron chi connectivity index (χ2n) is 5.00. The summed E-state index contributed by atoms with van der Waals surface area (Å²) in [6.07, 6.45) is 6.52. The molecule has 0 saturated heterocycles. The van der Waals surface area contributed by atoms with E-state index in [1.807, 2.05) is 20.3 Å². The van der Waals surface area contributed by atoms with Gasteiger partial charge in [0, 0.05) is 32.7 Å². The molecule has 0 unspecified atom stereocenters. The maximum absolute atomic E-state index is 4.48. The van der Waals surface area contributed by atoms with Gasteiger partial charge in [0.15, 0.2) is 0 Å². The van der Waals surface area contributed by atoms with Crippen LogP contribution in [0, 0.1) is 0 Å². The second kappa shape index (κ2) is 8.59. The Hall–Kier alpha value is -1.55. The molecule has 0 amide bonds. The standard InChI is InChI=1S/C15H22N4.ClH/c1-19(2)14-9-7-13(8-10-14)12-17-18-15-6-4-3-5-11-16-15;/h7-10,12H,3-6,11H2,1-2H3,(H,16,18);1H/b17-12+;. The molecule has 1 aromatic rings. The lowest BCUT2D eigenvalue weighted by atomic mass is 10.2. The van der Waals surface area contributed by atoms with Gasteiger partial charge in [-0.1, -0.05) is 18.6 Å². The third-order valence-corrected chi connectivity index (χ3v) is 3.19. The molecule has 0 bridgehead atoms. The van der Waals surface area contributed by atoms with E-state index in [-0.39, 0.29) is 12.4 Å². The minimum absolute atomic E-state index is 0. The van der Waals surface area contributed by atoms with Gasteiger partial charge in [-0.25, -0.2) is 0 Å². The fourth-order valence-electron chi connectivity index (χ4n) is 2.01. The quantitative estimate of drug-likeness (QED) is 0.687. The molecule has 1 aromatic carbocycles. The topological polar surface area (TPSA) is 40.0 Å². The van der Waals surface area contributed by atoms with E-state index in [1.165, 1.54) is 24.9 Å². The minimum atomic E-state index is 0. The van der Waals surface area contributed by atoms with Crippen LogP contribution in [-0.4, -0.2) is 32.7 Å². The number of nitrogens with zero attached hydrogens (tertiary/aromatic N) is 3. The highest BCUT2D eigenvalue weighted by Gasteiger charge is 2.02. The third-order valence-electron chi connectivity index (χ3n) is 3.19. The summed E-state index contributed by atoms with van der Waals surface area (Å²) < 4.78 is 0. The molecule has 4 nitrogen and oxygen atoms in total. The van der Waals surface area contributed by atoms with Gasteiger partial charge in [-0.15, -0.1) is 12.4 Å². The summed E-state index contributed by atoms with van der Waals surface area (Å²) in [6, 6.07) is 8.31. The van der Waals surface area contributed by atoms with Crippen molar-refractivity contribution in [3.63, 3.8) is 0 Å². The maximum Gasteiger partial charge on any atom is 0.117 e. The first-order chi connectivity index (χ1) is 9.25. The highest BCUT2D eigenvalue weighted by molar-refractivity contribution is 5.86. The molecule has 0 radical (unpaired) electrons. The van der Waals surface area contributed by atoms with Gasteiger partial charge in [0.1, 0.15) is 5.84 Å². The van der Waals surface area contributed by atoms with Crippen LogP contribution in [0.3, 0.4) is 0 Å². The van der Waals surface area contributed by atoms with Crippen molar-refractivity contribution in [2.75, 3.05) is 25.5 Å². The summed E-state index contributed by atoms with van der Waals surface area (Å²) in [6.45, 7) is 0.926. The van der Waals surface area contributed by atoms with Gasteiger partial charge in [0.05, 0.1) is 6.21 Å². The number of hydrogen-bond donors (Lipinski definition) is 1. The number of hydrazone groups is 1. The number of anilines is 1. The van der Waals surface area contributed by atoms with Crippen molar-refractivity contribution in [1.82, 2.24) is 5.43 Å². The van der Waals surface area contributed by atoms with Gasteiger partial charge in [-0.05, 0) is 30.5 Å². The molecule has 1 aliphatic heterocycles. The number of rotatable bonds is 3. The summed E-state index contributed by atoms with van der Waals surface area (Å²) in [5, 5.41) is 4.26. The predicted octanol–water partition coefficient (Wildman–Crippen LogP) is 3.07. The Bertz CT molecular complexity index is 451. The van der Waals surface area contributed by atoms with Crippen LogP contribution in [0.2, 0.25) is 0 Å². The Morgan fingerprint density at radius 1 is 1.15 bits per heavy atom. The molecule has 0 saturated carbocycles. The summed E-state index contributed by atoms with van der Waals surface area (Å²) >= 11 is 0. The molecule has 1 heterocycles. The molecule has 1 N–H and O–H groups in total. The van der Waals surface area contributed by atoms with E-state index in [0.717, 1.165) is 24.4 Å². The second-order valence-corrected chi connectivity index (χ2v) is 5.00. The molecule has 1 aliphatic rings. The molecule has 0 spiro atoms. The van der Waals surface area contributed by atoms with Crippen LogP contribution in [-0.2, 0) is 0 Å². The van der Waals surface area contributed by atoms with E-state index in [4.69, 9.17) is 0 Å². The molecule has 110 valence electrons. The van der Waals surface area contributed by atoms with Crippen LogP contribution >= 0.6 is 12.4 Å². The van der Waals surface area contributed by atoms with Crippen molar-refractivity contribution in [3.8, 4) is 0 Å². The molecule has 2 rings (SSSR count). The molecule has 0 atom stereocenters. The largest absolute Gasteiger partial charge is 0.378 e. The van der Waals surface area contributed by atoms with E-state index < -0.39 is 0 Å². The number of benzene rings is 1. The van der Waals surface area contributed by atoms with Crippen molar-refractivity contribution < 1.29 is 0 Å². The van der Waals surface area contributed by atoms with Gasteiger partial charge in [-0.3, -0.25) is 10.4 Å².